The number of aliphatic carboxylic acids is 1. The van der Waals surface area contributed by atoms with E-state index in [1.165, 1.54) is 9.21 Å². The Hall–Kier alpha value is -1.93. The van der Waals surface area contributed by atoms with Crippen molar-refractivity contribution in [1.29, 1.82) is 0 Å². The molecule has 3 rings (SSSR count). The van der Waals surface area contributed by atoms with E-state index in [0.29, 0.717) is 19.5 Å². The van der Waals surface area contributed by atoms with Crippen LogP contribution in [0.2, 0.25) is 0 Å². The second-order valence-corrected chi connectivity index (χ2v) is 8.35. The second-order valence-electron chi connectivity index (χ2n) is 6.26. The van der Waals surface area contributed by atoms with Gasteiger partial charge in [-0.1, -0.05) is 30.3 Å². The molecule has 0 spiro atoms. The maximum atomic E-state index is 12.5. The fourth-order valence-corrected chi connectivity index (χ4v) is 4.88. The first-order valence-corrected chi connectivity index (χ1v) is 9.53. The summed E-state index contributed by atoms with van der Waals surface area (Å²) in [5, 5.41) is 9.47. The predicted octanol–water partition coefficient (Wildman–Crippen LogP) is 0.349. The summed E-state index contributed by atoms with van der Waals surface area (Å²) < 4.78 is 24.9. The van der Waals surface area contributed by atoms with Crippen LogP contribution < -0.4 is 0 Å². The summed E-state index contributed by atoms with van der Waals surface area (Å²) in [5.41, 5.74) is 0.883. The summed E-state index contributed by atoms with van der Waals surface area (Å²) in [7, 11) is -3.34. The van der Waals surface area contributed by atoms with Gasteiger partial charge in [-0.25, -0.2) is 8.42 Å². The lowest BCUT2D eigenvalue weighted by Crippen LogP contribution is -2.40. The number of carbonyl (C=O) groups excluding carboxylic acids is 1. The van der Waals surface area contributed by atoms with E-state index in [1.54, 1.807) is 0 Å². The van der Waals surface area contributed by atoms with Crippen LogP contribution >= 0.6 is 0 Å². The van der Waals surface area contributed by atoms with Gasteiger partial charge in [-0.05, 0) is 12.0 Å². The first-order valence-electron chi connectivity index (χ1n) is 7.92. The number of likely N-dealkylation sites (tertiary alicyclic amines) is 1. The lowest BCUT2D eigenvalue weighted by atomic mass is 9.89. The smallest absolute Gasteiger partial charge is 0.308 e. The topological polar surface area (TPSA) is 95.0 Å². The molecule has 2 heterocycles. The molecule has 24 heavy (non-hydrogen) atoms. The van der Waals surface area contributed by atoms with E-state index in [1.807, 2.05) is 30.3 Å². The molecule has 0 radical (unpaired) electrons. The van der Waals surface area contributed by atoms with Crippen LogP contribution in [0.1, 0.15) is 17.9 Å². The summed E-state index contributed by atoms with van der Waals surface area (Å²) in [6.45, 7) is 0.567. The minimum atomic E-state index is -3.34. The maximum absolute atomic E-state index is 12.5. The average Bonchev–Trinajstić information content (AvgIpc) is 3.12. The van der Waals surface area contributed by atoms with Gasteiger partial charge in [-0.3, -0.25) is 9.59 Å². The summed E-state index contributed by atoms with van der Waals surface area (Å²) in [4.78, 5) is 25.5. The zero-order chi connectivity index (χ0) is 17.3. The van der Waals surface area contributed by atoms with Gasteiger partial charge in [-0.15, -0.1) is 0 Å². The van der Waals surface area contributed by atoms with Crippen LogP contribution in [0.15, 0.2) is 30.3 Å². The number of amides is 1. The van der Waals surface area contributed by atoms with Gasteiger partial charge in [-0.2, -0.15) is 4.31 Å². The molecule has 0 aromatic heterocycles. The highest BCUT2D eigenvalue weighted by Gasteiger charge is 2.41. The Balaban J connectivity index is 1.73. The van der Waals surface area contributed by atoms with E-state index in [2.05, 4.69) is 0 Å². The quantitative estimate of drug-likeness (QED) is 0.844. The number of carbonyl (C=O) groups is 2. The lowest BCUT2D eigenvalue weighted by Gasteiger charge is -2.20. The molecule has 2 fully saturated rings. The van der Waals surface area contributed by atoms with Crippen LogP contribution in [0.4, 0.5) is 0 Å². The van der Waals surface area contributed by atoms with Crippen molar-refractivity contribution >= 4 is 21.9 Å². The third-order valence-corrected chi connectivity index (χ3v) is 6.64. The Morgan fingerprint density at radius 2 is 1.88 bits per heavy atom. The van der Waals surface area contributed by atoms with Crippen LogP contribution in [0.5, 0.6) is 0 Å². The molecule has 7 nitrogen and oxygen atoms in total. The number of hydrogen-bond donors (Lipinski definition) is 1. The molecule has 1 aromatic rings. The molecular weight excluding hydrogens is 332 g/mol. The van der Waals surface area contributed by atoms with Gasteiger partial charge in [0.1, 0.15) is 0 Å². The van der Waals surface area contributed by atoms with E-state index in [-0.39, 0.29) is 30.7 Å². The highest BCUT2D eigenvalue weighted by atomic mass is 32.2. The fourth-order valence-electron chi connectivity index (χ4n) is 3.42. The van der Waals surface area contributed by atoms with Gasteiger partial charge in [0.05, 0.1) is 18.2 Å². The van der Waals surface area contributed by atoms with E-state index in [4.69, 9.17) is 0 Å². The van der Waals surface area contributed by atoms with Crippen molar-refractivity contribution in [2.75, 3.05) is 31.9 Å². The van der Waals surface area contributed by atoms with E-state index in [0.717, 1.165) is 5.56 Å². The van der Waals surface area contributed by atoms with E-state index >= 15 is 0 Å². The van der Waals surface area contributed by atoms with Gasteiger partial charge in [0.25, 0.3) is 0 Å². The van der Waals surface area contributed by atoms with Crippen LogP contribution in [0.25, 0.3) is 0 Å². The molecule has 1 aromatic carbocycles. The minimum absolute atomic E-state index is 0.0741. The van der Waals surface area contributed by atoms with Gasteiger partial charge in [0.15, 0.2) is 0 Å². The Morgan fingerprint density at radius 3 is 2.46 bits per heavy atom. The molecule has 2 aliphatic heterocycles. The predicted molar refractivity (Wildman–Crippen MR) is 86.9 cm³/mol. The van der Waals surface area contributed by atoms with E-state index < -0.39 is 21.9 Å². The molecule has 0 saturated carbocycles. The Bertz CT molecular complexity index is 734. The van der Waals surface area contributed by atoms with Crippen molar-refractivity contribution < 1.29 is 23.1 Å². The Labute approximate surface area is 140 Å². The highest BCUT2D eigenvalue weighted by molar-refractivity contribution is 7.89. The third kappa shape index (κ3) is 3.29. The monoisotopic (exact) mass is 352 g/mol. The summed E-state index contributed by atoms with van der Waals surface area (Å²) in [6.07, 6.45) is 0.528. The number of benzene rings is 1. The number of rotatable bonds is 4. The van der Waals surface area contributed by atoms with E-state index in [9.17, 15) is 23.1 Å². The van der Waals surface area contributed by atoms with Crippen molar-refractivity contribution in [3.63, 3.8) is 0 Å². The summed E-state index contributed by atoms with van der Waals surface area (Å²) >= 11 is 0. The number of sulfonamides is 1. The number of carboxylic acid groups (broad SMARTS) is 1. The summed E-state index contributed by atoms with van der Waals surface area (Å²) in [6, 6.07) is 9.26. The number of carboxylic acids is 1. The SMILES string of the molecule is O=C(O)C1CN(C(=O)CN2CCCS2(=O)=O)CC1c1ccccc1. The van der Waals surface area contributed by atoms with Crippen LogP contribution in [-0.4, -0.2) is 66.5 Å². The number of hydrogen-bond acceptors (Lipinski definition) is 4. The van der Waals surface area contributed by atoms with Crippen LogP contribution in [0, 0.1) is 5.92 Å². The average molecular weight is 352 g/mol. The Kier molecular flexibility index (Phi) is 4.60. The van der Waals surface area contributed by atoms with Crippen molar-refractivity contribution in [3.8, 4) is 0 Å². The molecule has 2 aliphatic rings. The first-order chi connectivity index (χ1) is 11.4. The zero-order valence-electron chi connectivity index (χ0n) is 13.2. The fraction of sp³-hybridized carbons (Fsp3) is 0.500. The maximum Gasteiger partial charge on any atom is 0.308 e. The Morgan fingerprint density at radius 1 is 1.17 bits per heavy atom. The van der Waals surface area contributed by atoms with Gasteiger partial charge in [0.2, 0.25) is 15.9 Å². The molecule has 2 unspecified atom stereocenters. The van der Waals surface area contributed by atoms with Gasteiger partial charge >= 0.3 is 5.97 Å². The highest BCUT2D eigenvalue weighted by Crippen LogP contribution is 2.33. The molecule has 1 amide bonds. The summed E-state index contributed by atoms with van der Waals surface area (Å²) in [5.74, 6) is -2.14. The van der Waals surface area contributed by atoms with Crippen LogP contribution in [-0.2, 0) is 19.6 Å². The molecule has 2 saturated heterocycles. The van der Waals surface area contributed by atoms with Crippen LogP contribution in [0.3, 0.4) is 0 Å². The van der Waals surface area contributed by atoms with Gasteiger partial charge < -0.3 is 10.0 Å². The second kappa shape index (κ2) is 6.52. The largest absolute Gasteiger partial charge is 0.481 e. The molecule has 8 heteroatoms. The minimum Gasteiger partial charge on any atom is -0.481 e. The van der Waals surface area contributed by atoms with Crippen molar-refractivity contribution in [2.45, 2.75) is 12.3 Å². The molecule has 2 atom stereocenters. The third-order valence-electron chi connectivity index (χ3n) is 4.73. The number of nitrogens with zero attached hydrogens (tertiary/aromatic N) is 2. The molecule has 0 aliphatic carbocycles. The molecule has 130 valence electrons. The molecule has 0 bridgehead atoms. The van der Waals surface area contributed by atoms with Crippen molar-refractivity contribution in [2.24, 2.45) is 5.92 Å². The lowest BCUT2D eigenvalue weighted by molar-refractivity contribution is -0.141. The standard InChI is InChI=1S/C16H20N2O5S/c19-15(11-18-7-4-8-24(18,22)23)17-9-13(14(10-17)16(20)21)12-5-2-1-3-6-12/h1-3,5-6,13-14H,4,7-11H2,(H,20,21). The van der Waals surface area contributed by atoms with Crippen molar-refractivity contribution in [1.82, 2.24) is 9.21 Å². The normalized spacial score (nSPS) is 26.6. The zero-order valence-corrected chi connectivity index (χ0v) is 14.0. The first kappa shape index (κ1) is 16.9. The molecule has 1 N–H and O–H groups in total. The molecular formula is C16H20N2O5S. The van der Waals surface area contributed by atoms with Crippen molar-refractivity contribution in [3.05, 3.63) is 35.9 Å². The van der Waals surface area contributed by atoms with Gasteiger partial charge in [0, 0.05) is 25.6 Å².